The van der Waals surface area contributed by atoms with Gasteiger partial charge in [-0.25, -0.2) is 9.97 Å². The second-order valence-electron chi connectivity index (χ2n) is 8.56. The van der Waals surface area contributed by atoms with Crippen LogP contribution in [-0.4, -0.2) is 16.0 Å². The Kier molecular flexibility index (Phi) is 4.11. The van der Waals surface area contributed by atoms with Crippen LogP contribution in [0.4, 0.5) is 5.82 Å². The van der Waals surface area contributed by atoms with Crippen molar-refractivity contribution in [2.24, 2.45) is 11.7 Å². The largest absolute Gasteiger partial charge is 0.383 e. The van der Waals surface area contributed by atoms with Crippen LogP contribution in [0.1, 0.15) is 56.2 Å². The highest BCUT2D eigenvalue weighted by Crippen LogP contribution is 2.45. The van der Waals surface area contributed by atoms with Gasteiger partial charge < -0.3 is 11.5 Å². The van der Waals surface area contributed by atoms with Gasteiger partial charge >= 0.3 is 0 Å². The van der Waals surface area contributed by atoms with Crippen molar-refractivity contribution in [1.82, 2.24) is 9.97 Å². The number of nitrogen functional groups attached to an aromatic ring is 1. The van der Waals surface area contributed by atoms with Crippen molar-refractivity contribution in [3.8, 4) is 11.3 Å². The quantitative estimate of drug-likeness (QED) is 0.857. The molecule has 4 N–H and O–H groups in total. The summed E-state index contributed by atoms with van der Waals surface area (Å²) in [5.41, 5.74) is 19.3. The fraction of sp³-hybridized carbons (Fsp3) is 0.455. The third-order valence-corrected chi connectivity index (χ3v) is 6.12. The Morgan fingerprint density at radius 1 is 1.23 bits per heavy atom. The summed E-state index contributed by atoms with van der Waals surface area (Å²) in [6.07, 6.45) is 7.08. The van der Waals surface area contributed by atoms with E-state index in [9.17, 15) is 0 Å². The smallest absolute Gasteiger partial charge is 0.131 e. The summed E-state index contributed by atoms with van der Waals surface area (Å²) in [5.74, 6) is 1.09. The van der Waals surface area contributed by atoms with E-state index in [1.54, 1.807) is 6.33 Å². The van der Waals surface area contributed by atoms with Crippen LogP contribution in [0.2, 0.25) is 0 Å². The zero-order valence-electron chi connectivity index (χ0n) is 15.8. The molecule has 0 bridgehead atoms. The number of aromatic nitrogens is 2. The summed E-state index contributed by atoms with van der Waals surface area (Å²) in [5, 5.41) is 0. The Bertz CT molecular complexity index is 868. The number of hydrogen-bond acceptors (Lipinski definition) is 4. The second kappa shape index (κ2) is 6.20. The van der Waals surface area contributed by atoms with E-state index >= 15 is 0 Å². The molecule has 4 rings (SSSR count). The third kappa shape index (κ3) is 2.82. The summed E-state index contributed by atoms with van der Waals surface area (Å²) in [7, 11) is 0. The summed E-state index contributed by atoms with van der Waals surface area (Å²) in [6, 6.07) is 6.98. The molecular formula is C22H28N4. The van der Waals surface area contributed by atoms with E-state index in [4.69, 9.17) is 11.5 Å². The number of nitrogens with two attached hydrogens (primary N) is 2. The molecule has 2 aliphatic rings. The van der Waals surface area contributed by atoms with Crippen LogP contribution in [-0.2, 0) is 11.8 Å². The molecule has 4 nitrogen and oxygen atoms in total. The first-order valence-corrected chi connectivity index (χ1v) is 9.56. The SMILES string of the molecule is C=C(c1ccc2c(c1)CC(C)(C)c1c(N)ncnc1-2)[C@H]1CCC[C@H](N)C1. The molecule has 0 aliphatic heterocycles. The van der Waals surface area contributed by atoms with Crippen LogP contribution < -0.4 is 11.5 Å². The van der Waals surface area contributed by atoms with E-state index in [2.05, 4.69) is 48.6 Å². The summed E-state index contributed by atoms with van der Waals surface area (Å²) < 4.78 is 0. The van der Waals surface area contributed by atoms with E-state index in [1.165, 1.54) is 35.1 Å². The Balaban J connectivity index is 1.73. The van der Waals surface area contributed by atoms with Crippen molar-refractivity contribution in [3.05, 3.63) is 47.8 Å². The highest BCUT2D eigenvalue weighted by molar-refractivity contribution is 5.78. The predicted molar refractivity (Wildman–Crippen MR) is 108 cm³/mol. The molecule has 0 saturated heterocycles. The first-order chi connectivity index (χ1) is 12.4. The van der Waals surface area contributed by atoms with Gasteiger partial charge in [0.15, 0.2) is 0 Å². The number of anilines is 1. The zero-order valence-corrected chi connectivity index (χ0v) is 15.8. The minimum Gasteiger partial charge on any atom is -0.383 e. The van der Waals surface area contributed by atoms with E-state index in [1.807, 2.05) is 0 Å². The topological polar surface area (TPSA) is 77.8 Å². The lowest BCUT2D eigenvalue weighted by atomic mass is 9.71. The molecule has 1 fully saturated rings. The fourth-order valence-corrected chi connectivity index (χ4v) is 4.79. The van der Waals surface area contributed by atoms with E-state index in [-0.39, 0.29) is 5.41 Å². The van der Waals surface area contributed by atoms with Gasteiger partial charge in [-0.1, -0.05) is 45.0 Å². The van der Waals surface area contributed by atoms with Crippen LogP contribution in [0.25, 0.3) is 16.8 Å². The van der Waals surface area contributed by atoms with Gasteiger partial charge in [0.2, 0.25) is 0 Å². The van der Waals surface area contributed by atoms with Crippen LogP contribution in [0.3, 0.4) is 0 Å². The molecule has 4 heteroatoms. The van der Waals surface area contributed by atoms with Gasteiger partial charge in [-0.3, -0.25) is 0 Å². The number of benzene rings is 1. The Morgan fingerprint density at radius 3 is 2.81 bits per heavy atom. The molecule has 1 aromatic heterocycles. The first-order valence-electron chi connectivity index (χ1n) is 9.56. The van der Waals surface area contributed by atoms with Crippen molar-refractivity contribution < 1.29 is 0 Å². The molecule has 0 unspecified atom stereocenters. The Hall–Kier alpha value is -2.20. The van der Waals surface area contributed by atoms with Crippen molar-refractivity contribution in [2.45, 2.75) is 57.4 Å². The van der Waals surface area contributed by atoms with Crippen molar-refractivity contribution in [2.75, 3.05) is 5.73 Å². The standard InChI is InChI=1S/C22H28N4/c1-13(14-5-4-6-17(23)10-14)15-7-8-18-16(9-15)11-22(2,3)19-20(18)25-12-26-21(19)24/h7-9,12,14,17H,1,4-6,10-11,23H2,2-3H3,(H2,24,25,26)/t14-,17-/m0/s1. The van der Waals surface area contributed by atoms with Crippen LogP contribution in [0.5, 0.6) is 0 Å². The van der Waals surface area contributed by atoms with Gasteiger partial charge in [0.05, 0.1) is 5.69 Å². The molecule has 0 spiro atoms. The lowest BCUT2D eigenvalue weighted by Gasteiger charge is -2.34. The van der Waals surface area contributed by atoms with Crippen molar-refractivity contribution in [3.63, 3.8) is 0 Å². The number of allylic oxidation sites excluding steroid dienone is 1. The molecule has 26 heavy (non-hydrogen) atoms. The Labute approximate surface area is 155 Å². The van der Waals surface area contributed by atoms with Crippen LogP contribution >= 0.6 is 0 Å². The number of hydrogen-bond donors (Lipinski definition) is 2. The highest BCUT2D eigenvalue weighted by atomic mass is 14.9. The minimum absolute atomic E-state index is 0.0825. The average molecular weight is 348 g/mol. The maximum absolute atomic E-state index is 6.19. The second-order valence-corrected chi connectivity index (χ2v) is 8.56. The van der Waals surface area contributed by atoms with E-state index < -0.39 is 0 Å². The first kappa shape index (κ1) is 17.2. The molecule has 2 aliphatic carbocycles. The van der Waals surface area contributed by atoms with Crippen molar-refractivity contribution >= 4 is 11.4 Å². The van der Waals surface area contributed by atoms with Gasteiger partial charge in [0.1, 0.15) is 12.1 Å². The molecule has 136 valence electrons. The van der Waals surface area contributed by atoms with Crippen LogP contribution in [0.15, 0.2) is 31.1 Å². The highest BCUT2D eigenvalue weighted by Gasteiger charge is 2.34. The molecule has 2 atom stereocenters. The molecule has 2 aromatic rings. The van der Waals surface area contributed by atoms with Gasteiger partial charge in [-0.05, 0) is 53.7 Å². The molecule has 1 heterocycles. The molecule has 0 amide bonds. The Morgan fingerprint density at radius 2 is 2.04 bits per heavy atom. The lowest BCUT2D eigenvalue weighted by molar-refractivity contribution is 0.381. The van der Waals surface area contributed by atoms with E-state index in [0.717, 1.165) is 30.5 Å². The molecule has 1 saturated carbocycles. The number of nitrogens with zero attached hydrogens (tertiary/aromatic N) is 2. The molecule has 1 aromatic carbocycles. The minimum atomic E-state index is -0.0825. The van der Waals surface area contributed by atoms with Crippen LogP contribution in [0, 0.1) is 5.92 Å². The maximum Gasteiger partial charge on any atom is 0.131 e. The summed E-state index contributed by atoms with van der Waals surface area (Å²) in [4.78, 5) is 8.78. The lowest BCUT2D eigenvalue weighted by Crippen LogP contribution is -2.29. The van der Waals surface area contributed by atoms with Gasteiger partial charge in [-0.2, -0.15) is 0 Å². The van der Waals surface area contributed by atoms with Gasteiger partial charge in [0, 0.05) is 17.2 Å². The molecule has 0 radical (unpaired) electrons. The fourth-order valence-electron chi connectivity index (χ4n) is 4.79. The average Bonchev–Trinajstić information content (AvgIpc) is 2.60. The van der Waals surface area contributed by atoms with Gasteiger partial charge in [0.25, 0.3) is 0 Å². The van der Waals surface area contributed by atoms with E-state index in [0.29, 0.717) is 17.8 Å². The monoisotopic (exact) mass is 348 g/mol. The third-order valence-electron chi connectivity index (χ3n) is 6.12. The number of rotatable bonds is 2. The zero-order chi connectivity index (χ0) is 18.5. The maximum atomic E-state index is 6.19. The molecular weight excluding hydrogens is 320 g/mol. The predicted octanol–water partition coefficient (Wildman–Crippen LogP) is 4.09. The van der Waals surface area contributed by atoms with Gasteiger partial charge in [-0.15, -0.1) is 0 Å². The van der Waals surface area contributed by atoms with Crippen molar-refractivity contribution in [1.29, 1.82) is 0 Å². The summed E-state index contributed by atoms with van der Waals surface area (Å²) in [6.45, 7) is 8.86. The number of fused-ring (bicyclic) bond motifs is 3. The normalized spacial score (nSPS) is 23.8. The summed E-state index contributed by atoms with van der Waals surface area (Å²) >= 11 is 0.